The maximum absolute atomic E-state index is 13.8. The molecule has 0 aliphatic carbocycles. The number of carbonyl (C=O) groups excluding carboxylic acids is 2. The summed E-state index contributed by atoms with van der Waals surface area (Å²) < 4.78 is 27.0. The summed E-state index contributed by atoms with van der Waals surface area (Å²) in [5, 5.41) is -0.0133. The van der Waals surface area contributed by atoms with E-state index in [2.05, 4.69) is 49.8 Å². The highest BCUT2D eigenvalue weighted by atomic mass is 79.9. The van der Waals surface area contributed by atoms with E-state index in [0.29, 0.717) is 18.6 Å². The van der Waals surface area contributed by atoms with Crippen LogP contribution in [0.5, 0.6) is 5.75 Å². The van der Waals surface area contributed by atoms with Crippen molar-refractivity contribution in [2.45, 2.75) is 70.8 Å². The second-order valence-electron chi connectivity index (χ2n) is 11.9. The molecule has 1 saturated heterocycles. The monoisotopic (exact) mass is 625 g/mol. The largest absolute Gasteiger partial charge is 0.426 e. The zero-order chi connectivity index (χ0) is 29.2. The van der Waals surface area contributed by atoms with Gasteiger partial charge >= 0.3 is 5.97 Å². The number of nitrogens with zero attached hydrogens (tertiary/aromatic N) is 1. The highest BCUT2D eigenvalue weighted by molar-refractivity contribution is 9.10. The van der Waals surface area contributed by atoms with Crippen LogP contribution in [0.25, 0.3) is 0 Å². The van der Waals surface area contributed by atoms with Gasteiger partial charge in [0.2, 0.25) is 5.91 Å². The topological polar surface area (TPSA) is 55.8 Å². The van der Waals surface area contributed by atoms with Crippen LogP contribution in [0.2, 0.25) is 18.1 Å². The molecule has 1 fully saturated rings. The van der Waals surface area contributed by atoms with E-state index in [1.54, 1.807) is 23.1 Å². The molecule has 40 heavy (non-hydrogen) atoms. The van der Waals surface area contributed by atoms with Gasteiger partial charge in [-0.3, -0.25) is 9.59 Å². The number of β-lactam (4-membered cyclic amide) rings is 1. The van der Waals surface area contributed by atoms with E-state index in [9.17, 15) is 14.0 Å². The van der Waals surface area contributed by atoms with Crippen molar-refractivity contribution >= 4 is 41.8 Å². The van der Waals surface area contributed by atoms with Crippen molar-refractivity contribution in [3.05, 3.63) is 94.2 Å². The molecule has 1 amide bonds. The van der Waals surface area contributed by atoms with Crippen molar-refractivity contribution in [3.8, 4) is 5.75 Å². The van der Waals surface area contributed by atoms with Gasteiger partial charge in [-0.25, -0.2) is 4.39 Å². The van der Waals surface area contributed by atoms with Crippen molar-refractivity contribution < 1.29 is 23.1 Å². The lowest BCUT2D eigenvalue weighted by atomic mass is 9.78. The predicted molar refractivity (Wildman–Crippen MR) is 162 cm³/mol. The molecule has 0 N–H and O–H groups in total. The predicted octanol–water partition coefficient (Wildman–Crippen LogP) is 8.76. The Labute approximate surface area is 245 Å². The summed E-state index contributed by atoms with van der Waals surface area (Å²) in [6.45, 7) is 12.3. The van der Waals surface area contributed by atoms with Crippen molar-refractivity contribution in [1.29, 1.82) is 0 Å². The quantitative estimate of drug-likeness (QED) is 0.103. The molecule has 0 unspecified atom stereocenters. The molecule has 0 radical (unpaired) electrons. The molecule has 212 valence electrons. The van der Waals surface area contributed by atoms with Gasteiger partial charge in [-0.15, -0.1) is 0 Å². The minimum absolute atomic E-state index is 0.0121. The molecular formula is C32H37BrFNO4Si. The Morgan fingerprint density at radius 3 is 2.30 bits per heavy atom. The van der Waals surface area contributed by atoms with Gasteiger partial charge in [0.05, 0.1) is 18.1 Å². The highest BCUT2D eigenvalue weighted by Crippen LogP contribution is 2.50. The molecule has 5 nitrogen and oxygen atoms in total. The molecule has 0 bridgehead atoms. The summed E-state index contributed by atoms with van der Waals surface area (Å²) >= 11 is 3.48. The van der Waals surface area contributed by atoms with E-state index in [-0.39, 0.29) is 34.8 Å². The second-order valence-corrected chi connectivity index (χ2v) is 17.5. The fraction of sp³-hybridized carbons (Fsp3) is 0.375. The van der Waals surface area contributed by atoms with Crippen molar-refractivity contribution in [3.63, 3.8) is 0 Å². The maximum Gasteiger partial charge on any atom is 0.308 e. The number of anilines is 1. The summed E-state index contributed by atoms with van der Waals surface area (Å²) in [4.78, 5) is 27.4. The summed E-state index contributed by atoms with van der Waals surface area (Å²) in [6.07, 6.45) is 0.866. The Morgan fingerprint density at radius 2 is 1.70 bits per heavy atom. The molecule has 1 aliphatic rings. The summed E-state index contributed by atoms with van der Waals surface area (Å²) in [6, 6.07) is 21.3. The van der Waals surface area contributed by atoms with Gasteiger partial charge in [0.1, 0.15) is 11.6 Å². The molecule has 1 heterocycles. The van der Waals surface area contributed by atoms with E-state index in [1.807, 2.05) is 42.5 Å². The third kappa shape index (κ3) is 6.56. The molecule has 0 saturated carbocycles. The first-order valence-corrected chi connectivity index (χ1v) is 17.3. The Hall–Kier alpha value is -2.81. The molecule has 0 aromatic heterocycles. The lowest BCUT2D eigenvalue weighted by molar-refractivity contribution is -0.132. The summed E-state index contributed by atoms with van der Waals surface area (Å²) in [7, 11) is -2.18. The van der Waals surface area contributed by atoms with Crippen LogP contribution in [0.1, 0.15) is 63.8 Å². The Morgan fingerprint density at radius 1 is 1.05 bits per heavy atom. The molecule has 3 aromatic carbocycles. The first kappa shape index (κ1) is 30.2. The van der Waals surface area contributed by atoms with E-state index >= 15 is 0 Å². The van der Waals surface area contributed by atoms with Gasteiger partial charge in [-0.1, -0.05) is 73.1 Å². The molecule has 3 atom stereocenters. The van der Waals surface area contributed by atoms with Crippen LogP contribution in [0, 0.1) is 11.7 Å². The van der Waals surface area contributed by atoms with E-state index in [1.165, 1.54) is 19.1 Å². The number of carbonyl (C=O) groups is 2. The summed E-state index contributed by atoms with van der Waals surface area (Å²) in [5.74, 6) is -0.625. The lowest BCUT2D eigenvalue weighted by Crippen LogP contribution is -2.55. The standard InChI is InChI=1S/C32H37BrFNO4Si/c1-21(36)38-29-20-23(33)14-17-26(29)30-27(31(37)35(30)25-10-8-7-9-11-25)18-19-28(22-12-15-24(34)16-13-22)39-40(5,6)32(2,3)4/h7-17,20,27-28,30H,18-19H2,1-6H3/t27-,28+,30-/m1/s1. The first-order valence-electron chi connectivity index (χ1n) is 13.6. The molecule has 1 aliphatic heterocycles. The lowest BCUT2D eigenvalue weighted by Gasteiger charge is -2.48. The maximum atomic E-state index is 13.8. The zero-order valence-electron chi connectivity index (χ0n) is 23.9. The molecule has 3 aromatic rings. The number of halogens is 2. The SMILES string of the molecule is CC(=O)Oc1cc(Br)ccc1[C@@H]1[C@@H](CC[C@H](O[Si](C)(C)C(C)(C)C)c2ccc(F)cc2)C(=O)N1c1ccccc1. The molecule has 4 rings (SSSR count). The van der Waals surface area contributed by atoms with Gasteiger partial charge in [0.15, 0.2) is 8.32 Å². The van der Waals surface area contributed by atoms with Crippen LogP contribution in [0.15, 0.2) is 77.3 Å². The second kappa shape index (κ2) is 12.0. The third-order valence-corrected chi connectivity index (χ3v) is 13.0. The molecule has 0 spiro atoms. The minimum Gasteiger partial charge on any atom is -0.426 e. The average molecular weight is 627 g/mol. The van der Waals surface area contributed by atoms with Crippen LogP contribution in [0.4, 0.5) is 10.1 Å². The van der Waals surface area contributed by atoms with Crippen molar-refractivity contribution in [2.75, 3.05) is 4.90 Å². The highest BCUT2D eigenvalue weighted by Gasteiger charge is 2.50. The van der Waals surface area contributed by atoms with Crippen LogP contribution >= 0.6 is 15.9 Å². The van der Waals surface area contributed by atoms with Crippen LogP contribution in [0.3, 0.4) is 0 Å². The van der Waals surface area contributed by atoms with Gasteiger partial charge in [0, 0.05) is 22.6 Å². The van der Waals surface area contributed by atoms with Crippen LogP contribution in [-0.2, 0) is 14.0 Å². The molecular weight excluding hydrogens is 589 g/mol. The minimum atomic E-state index is -2.18. The number of benzene rings is 3. The number of hydrogen-bond donors (Lipinski definition) is 0. The zero-order valence-corrected chi connectivity index (χ0v) is 26.5. The van der Waals surface area contributed by atoms with Gasteiger partial charge in [-0.05, 0) is 72.9 Å². The van der Waals surface area contributed by atoms with Crippen molar-refractivity contribution in [1.82, 2.24) is 0 Å². The smallest absolute Gasteiger partial charge is 0.308 e. The van der Waals surface area contributed by atoms with E-state index in [0.717, 1.165) is 21.3 Å². The number of para-hydroxylation sites is 1. The molecule has 8 heteroatoms. The number of esters is 1. The van der Waals surface area contributed by atoms with E-state index < -0.39 is 14.3 Å². The van der Waals surface area contributed by atoms with Crippen molar-refractivity contribution in [2.24, 2.45) is 5.92 Å². The number of amides is 1. The normalized spacial score (nSPS) is 18.3. The summed E-state index contributed by atoms with van der Waals surface area (Å²) in [5.41, 5.74) is 2.47. The fourth-order valence-electron chi connectivity index (χ4n) is 4.89. The van der Waals surface area contributed by atoms with Crippen LogP contribution in [-0.4, -0.2) is 20.2 Å². The number of rotatable bonds is 9. The van der Waals surface area contributed by atoms with E-state index in [4.69, 9.17) is 9.16 Å². The van der Waals surface area contributed by atoms with Gasteiger partial charge < -0.3 is 14.1 Å². The Bertz CT molecular complexity index is 1360. The first-order chi connectivity index (χ1) is 18.8. The Balaban J connectivity index is 1.68. The number of ether oxygens (including phenoxy) is 1. The third-order valence-electron chi connectivity index (χ3n) is 8.02. The Kier molecular flexibility index (Phi) is 9.02. The number of hydrogen-bond acceptors (Lipinski definition) is 4. The van der Waals surface area contributed by atoms with Crippen LogP contribution < -0.4 is 9.64 Å². The average Bonchev–Trinajstić information content (AvgIpc) is 2.87. The van der Waals surface area contributed by atoms with Gasteiger partial charge in [0.25, 0.3) is 0 Å². The fourth-order valence-corrected chi connectivity index (χ4v) is 6.55. The van der Waals surface area contributed by atoms with Gasteiger partial charge in [-0.2, -0.15) is 0 Å².